The Balaban J connectivity index is 2.03. The molecule has 4 heteroatoms. The van der Waals surface area contributed by atoms with Crippen LogP contribution in [0.25, 0.3) is 0 Å². The molecule has 1 aromatic carbocycles. The second-order valence-electron chi connectivity index (χ2n) is 6.32. The van der Waals surface area contributed by atoms with Crippen LogP contribution in [0.15, 0.2) is 24.3 Å². The average Bonchev–Trinajstić information content (AvgIpc) is 2.80. The molecule has 1 aliphatic rings. The topological polar surface area (TPSA) is 46.2 Å². The van der Waals surface area contributed by atoms with Crippen molar-refractivity contribution in [3.8, 4) is 0 Å². The Hall–Kier alpha value is -0.870. The zero-order valence-electron chi connectivity index (χ0n) is 13.1. The van der Waals surface area contributed by atoms with Gasteiger partial charge in [-0.2, -0.15) is 0 Å². The molecule has 1 fully saturated rings. The van der Waals surface area contributed by atoms with E-state index in [-0.39, 0.29) is 0 Å². The van der Waals surface area contributed by atoms with Gasteiger partial charge in [-0.3, -0.25) is 0 Å². The zero-order valence-corrected chi connectivity index (χ0v) is 14.0. The number of benzene rings is 1. The summed E-state index contributed by atoms with van der Waals surface area (Å²) >= 11 is 0. The average molecular weight is 309 g/mol. The molecule has 118 valence electrons. The quantitative estimate of drug-likeness (QED) is 0.788. The van der Waals surface area contributed by atoms with E-state index in [9.17, 15) is 8.42 Å². The lowest BCUT2D eigenvalue weighted by Crippen LogP contribution is -2.31. The molecule has 1 aliphatic heterocycles. The highest BCUT2D eigenvalue weighted by Crippen LogP contribution is 2.28. The first-order valence-corrected chi connectivity index (χ1v) is 9.79. The van der Waals surface area contributed by atoms with Gasteiger partial charge in [0.1, 0.15) is 0 Å². The van der Waals surface area contributed by atoms with Gasteiger partial charge < -0.3 is 5.32 Å². The van der Waals surface area contributed by atoms with Gasteiger partial charge in [0, 0.05) is 0 Å². The van der Waals surface area contributed by atoms with Gasteiger partial charge in [-0.05, 0) is 56.7 Å². The molecule has 0 aliphatic carbocycles. The molecule has 0 aromatic heterocycles. The van der Waals surface area contributed by atoms with Crippen LogP contribution in [0, 0.1) is 18.8 Å². The lowest BCUT2D eigenvalue weighted by Gasteiger charge is -2.23. The first-order valence-electron chi connectivity index (χ1n) is 7.97. The fraction of sp³-hybridized carbons (Fsp3) is 0.647. The van der Waals surface area contributed by atoms with Crippen molar-refractivity contribution < 1.29 is 8.42 Å². The summed E-state index contributed by atoms with van der Waals surface area (Å²) in [5.74, 6) is 1.46. The number of sulfone groups is 1. The fourth-order valence-electron chi connectivity index (χ4n) is 3.09. The Morgan fingerprint density at radius 1 is 1.29 bits per heavy atom. The molecule has 1 N–H and O–H groups in total. The molecule has 0 amide bonds. The minimum Gasteiger partial charge on any atom is -0.316 e. The maximum absolute atomic E-state index is 11.8. The standard InChI is InChI=1S/C17H27NO2S/c1-3-9-18-12-17(16-8-10-21(19,20)13-16)11-15-6-4-14(2)5-7-15/h4-7,16-18H,3,8-13H2,1-2H3. The second-order valence-corrected chi connectivity index (χ2v) is 8.55. The summed E-state index contributed by atoms with van der Waals surface area (Å²) in [6.07, 6.45) is 2.91. The molecule has 0 radical (unpaired) electrons. The predicted molar refractivity (Wildman–Crippen MR) is 88.3 cm³/mol. The van der Waals surface area contributed by atoms with Crippen LogP contribution in [0.2, 0.25) is 0 Å². The lowest BCUT2D eigenvalue weighted by atomic mass is 9.86. The third kappa shape index (κ3) is 5.11. The van der Waals surface area contributed by atoms with Crippen LogP contribution >= 0.6 is 0 Å². The molecule has 0 bridgehead atoms. The van der Waals surface area contributed by atoms with Crippen LogP contribution in [0.1, 0.15) is 30.9 Å². The highest BCUT2D eigenvalue weighted by Gasteiger charge is 2.33. The number of rotatable bonds is 7. The molecule has 0 spiro atoms. The molecular formula is C17H27NO2S. The van der Waals surface area contributed by atoms with Gasteiger partial charge in [0.15, 0.2) is 9.84 Å². The van der Waals surface area contributed by atoms with E-state index in [1.54, 1.807) is 0 Å². The van der Waals surface area contributed by atoms with Crippen LogP contribution in [0.5, 0.6) is 0 Å². The summed E-state index contributed by atoms with van der Waals surface area (Å²) in [4.78, 5) is 0. The van der Waals surface area contributed by atoms with E-state index in [0.717, 1.165) is 32.4 Å². The van der Waals surface area contributed by atoms with E-state index in [4.69, 9.17) is 0 Å². The molecule has 2 atom stereocenters. The van der Waals surface area contributed by atoms with E-state index < -0.39 is 9.84 Å². The van der Waals surface area contributed by atoms with Crippen molar-refractivity contribution in [3.63, 3.8) is 0 Å². The van der Waals surface area contributed by atoms with Crippen LogP contribution in [0.4, 0.5) is 0 Å². The first-order chi connectivity index (χ1) is 10.00. The summed E-state index contributed by atoms with van der Waals surface area (Å²) in [5, 5.41) is 3.48. The van der Waals surface area contributed by atoms with Gasteiger partial charge in [-0.25, -0.2) is 8.42 Å². The summed E-state index contributed by atoms with van der Waals surface area (Å²) in [7, 11) is -2.80. The largest absolute Gasteiger partial charge is 0.316 e. The molecule has 2 unspecified atom stereocenters. The Morgan fingerprint density at radius 3 is 2.57 bits per heavy atom. The van der Waals surface area contributed by atoms with E-state index in [0.29, 0.717) is 23.3 Å². The second kappa shape index (κ2) is 7.41. The summed E-state index contributed by atoms with van der Waals surface area (Å²) in [6.45, 7) is 6.17. The zero-order chi connectivity index (χ0) is 15.3. The molecule has 1 saturated heterocycles. The van der Waals surface area contributed by atoms with Gasteiger partial charge in [-0.15, -0.1) is 0 Å². The van der Waals surface area contributed by atoms with Crippen LogP contribution in [-0.2, 0) is 16.3 Å². The fourth-order valence-corrected chi connectivity index (χ4v) is 5.01. The summed E-state index contributed by atoms with van der Waals surface area (Å²) in [6, 6.07) is 8.62. The minimum absolute atomic E-state index is 0.306. The Bertz CT molecular complexity index is 536. The van der Waals surface area contributed by atoms with E-state index in [2.05, 4.69) is 43.4 Å². The maximum atomic E-state index is 11.8. The first kappa shape index (κ1) is 16.5. The number of hydrogen-bond donors (Lipinski definition) is 1. The van der Waals surface area contributed by atoms with Crippen molar-refractivity contribution in [2.24, 2.45) is 11.8 Å². The summed E-state index contributed by atoms with van der Waals surface area (Å²) in [5.41, 5.74) is 2.58. The monoisotopic (exact) mass is 309 g/mol. The van der Waals surface area contributed by atoms with E-state index in [1.807, 2.05) is 0 Å². The maximum Gasteiger partial charge on any atom is 0.150 e. The number of nitrogens with one attached hydrogen (secondary N) is 1. The molecule has 1 aromatic rings. The Morgan fingerprint density at radius 2 is 2.00 bits per heavy atom. The third-order valence-corrected chi connectivity index (χ3v) is 6.18. The molecule has 0 saturated carbocycles. The van der Waals surface area contributed by atoms with E-state index >= 15 is 0 Å². The normalized spacial score (nSPS) is 22.3. The molecule has 1 heterocycles. The van der Waals surface area contributed by atoms with Crippen LogP contribution < -0.4 is 5.32 Å². The molecule has 21 heavy (non-hydrogen) atoms. The van der Waals surface area contributed by atoms with Crippen molar-refractivity contribution in [2.75, 3.05) is 24.6 Å². The lowest BCUT2D eigenvalue weighted by molar-refractivity contribution is 0.343. The molecule has 3 nitrogen and oxygen atoms in total. The van der Waals surface area contributed by atoms with Crippen LogP contribution in [0.3, 0.4) is 0 Å². The molecule has 2 rings (SSSR count). The van der Waals surface area contributed by atoms with Gasteiger partial charge >= 0.3 is 0 Å². The highest BCUT2D eigenvalue weighted by atomic mass is 32.2. The van der Waals surface area contributed by atoms with Crippen molar-refractivity contribution in [3.05, 3.63) is 35.4 Å². The predicted octanol–water partition coefficient (Wildman–Crippen LogP) is 2.59. The van der Waals surface area contributed by atoms with Gasteiger partial charge in [0.25, 0.3) is 0 Å². The molecular weight excluding hydrogens is 282 g/mol. The Labute approximate surface area is 129 Å². The number of aryl methyl sites for hydroxylation is 1. The van der Waals surface area contributed by atoms with Gasteiger partial charge in [0.05, 0.1) is 11.5 Å². The van der Waals surface area contributed by atoms with Gasteiger partial charge in [0.2, 0.25) is 0 Å². The Kier molecular flexibility index (Phi) is 5.82. The minimum atomic E-state index is -2.80. The third-order valence-electron chi connectivity index (χ3n) is 4.39. The summed E-state index contributed by atoms with van der Waals surface area (Å²) < 4.78 is 23.5. The highest BCUT2D eigenvalue weighted by molar-refractivity contribution is 7.91. The van der Waals surface area contributed by atoms with Crippen LogP contribution in [-0.4, -0.2) is 33.0 Å². The van der Waals surface area contributed by atoms with Crippen molar-refractivity contribution in [1.29, 1.82) is 0 Å². The smallest absolute Gasteiger partial charge is 0.150 e. The SMILES string of the molecule is CCCNCC(Cc1ccc(C)cc1)C1CCS(=O)(=O)C1. The van der Waals surface area contributed by atoms with E-state index in [1.165, 1.54) is 11.1 Å². The van der Waals surface area contributed by atoms with Crippen molar-refractivity contribution >= 4 is 9.84 Å². The number of hydrogen-bond acceptors (Lipinski definition) is 3. The van der Waals surface area contributed by atoms with Crippen molar-refractivity contribution in [1.82, 2.24) is 5.32 Å². The van der Waals surface area contributed by atoms with Gasteiger partial charge in [-0.1, -0.05) is 36.8 Å². The van der Waals surface area contributed by atoms with Crippen molar-refractivity contribution in [2.45, 2.75) is 33.1 Å².